The van der Waals surface area contributed by atoms with E-state index in [1.807, 2.05) is 112 Å². The summed E-state index contributed by atoms with van der Waals surface area (Å²) in [4.78, 5) is 0. The second-order valence-electron chi connectivity index (χ2n) is 8.30. The molecule has 35 heavy (non-hydrogen) atoms. The van der Waals surface area contributed by atoms with Gasteiger partial charge in [-0.3, -0.25) is 0 Å². The maximum atomic E-state index is 5.83. The van der Waals surface area contributed by atoms with Crippen LogP contribution in [0.5, 0.6) is 0 Å². The van der Waals surface area contributed by atoms with Crippen molar-refractivity contribution < 1.29 is 13.3 Å². The van der Waals surface area contributed by atoms with Crippen molar-refractivity contribution >= 4 is 8.80 Å². The zero-order chi connectivity index (χ0) is 24.9. The van der Waals surface area contributed by atoms with Gasteiger partial charge in [-0.25, -0.2) is 0 Å². The molecule has 4 heteroatoms. The molecule has 0 radical (unpaired) electrons. The average molecular weight is 479 g/mol. The van der Waals surface area contributed by atoms with Crippen molar-refractivity contribution in [2.45, 2.75) is 45.1 Å². The van der Waals surface area contributed by atoms with E-state index >= 15 is 0 Å². The highest BCUT2D eigenvalue weighted by molar-refractivity contribution is 6.60. The van der Waals surface area contributed by atoms with Gasteiger partial charge in [0.25, 0.3) is 0 Å². The van der Waals surface area contributed by atoms with Crippen molar-refractivity contribution in [1.82, 2.24) is 0 Å². The lowest BCUT2D eigenvalue weighted by Crippen LogP contribution is -2.38. The van der Waals surface area contributed by atoms with Gasteiger partial charge < -0.3 is 13.3 Å². The molecule has 176 valence electrons. The van der Waals surface area contributed by atoms with Crippen molar-refractivity contribution in [3.8, 4) is 36.1 Å². The second-order valence-corrected chi connectivity index (χ2v) is 10.6. The van der Waals surface area contributed by atoms with Crippen LogP contribution >= 0.6 is 0 Å². The smallest absolute Gasteiger partial charge is 0.432 e. The monoisotopic (exact) mass is 478 g/mol. The van der Waals surface area contributed by atoms with E-state index in [9.17, 15) is 0 Å². The largest absolute Gasteiger partial charge is 0.721 e. The molecule has 3 aromatic carbocycles. The molecule has 3 atom stereocenters. The van der Waals surface area contributed by atoms with Gasteiger partial charge in [0.15, 0.2) is 0 Å². The molecule has 0 aliphatic rings. The summed E-state index contributed by atoms with van der Waals surface area (Å²) in [6.07, 6.45) is 8.37. The molecular formula is C31H30O3Si. The van der Waals surface area contributed by atoms with Crippen molar-refractivity contribution in [2.24, 2.45) is 0 Å². The molecule has 0 spiro atoms. The van der Waals surface area contributed by atoms with E-state index in [1.54, 1.807) is 6.55 Å². The highest BCUT2D eigenvalue weighted by atomic mass is 28.4. The molecular weight excluding hydrogens is 448 g/mol. The third-order valence-corrected chi connectivity index (χ3v) is 6.85. The fourth-order valence-electron chi connectivity index (χ4n) is 3.17. The van der Waals surface area contributed by atoms with Crippen LogP contribution in [0.2, 0.25) is 6.55 Å². The van der Waals surface area contributed by atoms with Crippen LogP contribution in [0.15, 0.2) is 91.0 Å². The fraction of sp³-hybridized carbons (Fsp3) is 0.226. The quantitative estimate of drug-likeness (QED) is 0.285. The standard InChI is InChI=1S/C31H30O3Si/c1-26(29-14-8-5-9-15-29)20-23-32-35(4,33-24-21-27(2)30-16-10-6-11-17-30)34-25-22-28(3)31-18-12-7-13-19-31/h5-19,26-28H,1-4H3. The Labute approximate surface area is 210 Å². The van der Waals surface area contributed by atoms with Gasteiger partial charge in [0.2, 0.25) is 0 Å². The molecule has 0 heterocycles. The van der Waals surface area contributed by atoms with E-state index in [0.717, 1.165) is 16.7 Å². The lowest BCUT2D eigenvalue weighted by molar-refractivity contribution is 0.221. The zero-order valence-corrected chi connectivity index (χ0v) is 21.6. The Bertz CT molecular complexity index is 1080. The van der Waals surface area contributed by atoms with E-state index < -0.39 is 8.80 Å². The van der Waals surface area contributed by atoms with Crippen molar-refractivity contribution in [2.75, 3.05) is 0 Å². The highest BCUT2D eigenvalue weighted by Crippen LogP contribution is 2.16. The maximum absolute atomic E-state index is 5.83. The summed E-state index contributed by atoms with van der Waals surface area (Å²) >= 11 is 0. The molecule has 0 aromatic heterocycles. The Balaban J connectivity index is 1.72. The predicted octanol–water partition coefficient (Wildman–Crippen LogP) is 6.90. The fourth-order valence-corrected chi connectivity index (χ4v) is 4.03. The van der Waals surface area contributed by atoms with Crippen molar-refractivity contribution in [3.05, 3.63) is 108 Å². The molecule has 0 bridgehead atoms. The summed E-state index contributed by atoms with van der Waals surface area (Å²) in [5.74, 6) is 9.34. The number of benzene rings is 3. The van der Waals surface area contributed by atoms with Crippen LogP contribution in [-0.2, 0) is 13.3 Å². The third kappa shape index (κ3) is 8.35. The van der Waals surface area contributed by atoms with Gasteiger partial charge in [0.05, 0.1) is 0 Å². The van der Waals surface area contributed by atoms with Gasteiger partial charge in [-0.15, -0.1) is 0 Å². The molecule has 0 N–H and O–H groups in total. The van der Waals surface area contributed by atoms with Crippen molar-refractivity contribution in [1.29, 1.82) is 0 Å². The Kier molecular flexibility index (Phi) is 9.50. The highest BCUT2D eigenvalue weighted by Gasteiger charge is 2.42. The second kappa shape index (κ2) is 13.0. The maximum Gasteiger partial charge on any atom is 0.721 e. The molecule has 0 fully saturated rings. The van der Waals surface area contributed by atoms with Gasteiger partial charge >= 0.3 is 8.80 Å². The first-order valence-corrected chi connectivity index (χ1v) is 13.9. The van der Waals surface area contributed by atoms with Crippen LogP contribution < -0.4 is 0 Å². The zero-order valence-electron chi connectivity index (χ0n) is 20.6. The topological polar surface area (TPSA) is 27.7 Å². The molecule has 3 nitrogen and oxygen atoms in total. The van der Waals surface area contributed by atoms with Gasteiger partial charge in [-0.2, -0.15) is 0 Å². The molecule has 3 unspecified atom stereocenters. The number of hydrogen-bond acceptors (Lipinski definition) is 3. The van der Waals surface area contributed by atoms with Crippen LogP contribution in [0, 0.1) is 36.1 Å². The van der Waals surface area contributed by atoms with E-state index in [1.165, 1.54) is 0 Å². The molecule has 0 saturated carbocycles. The minimum Gasteiger partial charge on any atom is -0.432 e. The van der Waals surface area contributed by atoms with Crippen LogP contribution in [0.25, 0.3) is 0 Å². The average Bonchev–Trinajstić information content (AvgIpc) is 2.90. The van der Waals surface area contributed by atoms with Crippen LogP contribution in [-0.4, -0.2) is 8.80 Å². The molecule has 0 saturated heterocycles. The van der Waals surface area contributed by atoms with Crippen LogP contribution in [0.4, 0.5) is 0 Å². The first-order valence-electron chi connectivity index (χ1n) is 11.7. The Morgan fingerprint density at radius 1 is 0.486 bits per heavy atom. The van der Waals surface area contributed by atoms with Gasteiger partial charge in [0.1, 0.15) is 18.3 Å². The predicted molar refractivity (Wildman–Crippen MR) is 143 cm³/mol. The molecule has 3 rings (SSSR count). The lowest BCUT2D eigenvalue weighted by atomic mass is 10.0. The minimum atomic E-state index is -3.27. The van der Waals surface area contributed by atoms with Crippen LogP contribution in [0.3, 0.4) is 0 Å². The van der Waals surface area contributed by atoms with Crippen molar-refractivity contribution in [3.63, 3.8) is 0 Å². The number of rotatable bonds is 6. The summed E-state index contributed by atoms with van der Waals surface area (Å²) in [5, 5.41) is 0. The Morgan fingerprint density at radius 2 is 0.743 bits per heavy atom. The normalized spacial score (nSPS) is 14.1. The van der Waals surface area contributed by atoms with E-state index in [-0.39, 0.29) is 17.8 Å². The number of hydrogen-bond donors (Lipinski definition) is 0. The van der Waals surface area contributed by atoms with Gasteiger partial charge in [-0.05, 0) is 37.5 Å². The SMILES string of the molecule is CC(C#CO[Si](C)(OC#CC(C)c1ccccc1)OC#CC(C)c1ccccc1)c1ccccc1. The summed E-state index contributed by atoms with van der Waals surface area (Å²) < 4.78 is 17.5. The van der Waals surface area contributed by atoms with E-state index in [4.69, 9.17) is 13.3 Å². The first kappa shape index (κ1) is 25.6. The van der Waals surface area contributed by atoms with Crippen LogP contribution in [0.1, 0.15) is 55.2 Å². The van der Waals surface area contributed by atoms with Gasteiger partial charge in [0, 0.05) is 24.3 Å². The molecule has 0 aliphatic carbocycles. The summed E-state index contributed by atoms with van der Waals surface area (Å²) in [6.45, 7) is 7.82. The summed E-state index contributed by atoms with van der Waals surface area (Å²) in [5.41, 5.74) is 3.34. The third-order valence-electron chi connectivity index (χ3n) is 5.43. The minimum absolute atomic E-state index is 0.00261. The van der Waals surface area contributed by atoms with E-state index in [0.29, 0.717) is 0 Å². The molecule has 3 aromatic rings. The molecule has 0 amide bonds. The first-order chi connectivity index (χ1) is 17.0. The summed E-state index contributed by atoms with van der Waals surface area (Å²) in [7, 11) is -3.27. The molecule has 0 aliphatic heterocycles. The summed E-state index contributed by atoms with van der Waals surface area (Å²) in [6, 6.07) is 30.1. The Morgan fingerprint density at radius 3 is 1.00 bits per heavy atom. The lowest BCUT2D eigenvalue weighted by Gasteiger charge is -2.17. The Hall–Kier alpha value is -4.04. The van der Waals surface area contributed by atoms with E-state index in [2.05, 4.69) is 36.1 Å². The van der Waals surface area contributed by atoms with Gasteiger partial charge in [-0.1, -0.05) is 109 Å².